The van der Waals surface area contributed by atoms with Crippen molar-refractivity contribution < 1.29 is 14.3 Å². The number of rotatable bonds is 3. The maximum Gasteiger partial charge on any atom is 0.186 e. The highest BCUT2D eigenvalue weighted by atomic mass is 32.2. The first-order valence-corrected chi connectivity index (χ1v) is 5.36. The van der Waals surface area contributed by atoms with E-state index >= 15 is 0 Å². The SMILES string of the molecule is CC(=O)SCC=Cc1cc(O)ccc1F. The van der Waals surface area contributed by atoms with Gasteiger partial charge in [-0.1, -0.05) is 23.9 Å². The smallest absolute Gasteiger partial charge is 0.186 e. The zero-order chi connectivity index (χ0) is 11.3. The van der Waals surface area contributed by atoms with Gasteiger partial charge in [-0.05, 0) is 18.2 Å². The van der Waals surface area contributed by atoms with Crippen molar-refractivity contribution in [3.8, 4) is 5.75 Å². The van der Waals surface area contributed by atoms with Gasteiger partial charge in [-0.15, -0.1) is 0 Å². The van der Waals surface area contributed by atoms with Crippen LogP contribution in [-0.4, -0.2) is 16.0 Å². The summed E-state index contributed by atoms with van der Waals surface area (Å²) in [7, 11) is 0. The number of benzene rings is 1. The van der Waals surface area contributed by atoms with Gasteiger partial charge < -0.3 is 5.11 Å². The molecule has 0 bridgehead atoms. The van der Waals surface area contributed by atoms with Gasteiger partial charge in [-0.2, -0.15) is 0 Å². The third-order valence-electron chi connectivity index (χ3n) is 1.66. The molecule has 0 saturated carbocycles. The van der Waals surface area contributed by atoms with Crippen LogP contribution in [0.3, 0.4) is 0 Å². The molecule has 1 aromatic carbocycles. The molecular formula is C11H11FO2S. The molecule has 0 atom stereocenters. The molecule has 0 spiro atoms. The summed E-state index contributed by atoms with van der Waals surface area (Å²) in [6.07, 6.45) is 3.23. The Balaban J connectivity index is 2.63. The number of thioether (sulfide) groups is 1. The van der Waals surface area contributed by atoms with E-state index in [9.17, 15) is 9.18 Å². The van der Waals surface area contributed by atoms with Crippen LogP contribution in [0.25, 0.3) is 6.08 Å². The van der Waals surface area contributed by atoms with Crippen molar-refractivity contribution in [3.05, 3.63) is 35.7 Å². The van der Waals surface area contributed by atoms with Crippen LogP contribution in [0.2, 0.25) is 0 Å². The highest BCUT2D eigenvalue weighted by Crippen LogP contribution is 2.16. The molecule has 1 N–H and O–H groups in total. The Kier molecular flexibility index (Phi) is 4.37. The Bertz CT molecular complexity index is 388. The predicted octanol–water partition coefficient (Wildman–Crippen LogP) is 2.82. The van der Waals surface area contributed by atoms with Gasteiger partial charge in [0, 0.05) is 18.2 Å². The van der Waals surface area contributed by atoms with Gasteiger partial charge >= 0.3 is 0 Å². The average molecular weight is 226 g/mol. The molecule has 1 rings (SSSR count). The maximum absolute atomic E-state index is 13.1. The number of phenolic OH excluding ortho intramolecular Hbond substituents is 1. The molecular weight excluding hydrogens is 215 g/mol. The molecule has 0 amide bonds. The largest absolute Gasteiger partial charge is 0.508 e. The molecule has 0 fully saturated rings. The van der Waals surface area contributed by atoms with E-state index in [2.05, 4.69) is 0 Å². The summed E-state index contributed by atoms with van der Waals surface area (Å²) < 4.78 is 13.1. The van der Waals surface area contributed by atoms with Crippen molar-refractivity contribution in [2.45, 2.75) is 6.92 Å². The minimum Gasteiger partial charge on any atom is -0.508 e. The lowest BCUT2D eigenvalue weighted by Gasteiger charge is -1.97. The van der Waals surface area contributed by atoms with Crippen LogP contribution in [0, 0.1) is 5.82 Å². The lowest BCUT2D eigenvalue weighted by atomic mass is 10.2. The number of hydrogen-bond acceptors (Lipinski definition) is 3. The average Bonchev–Trinajstić information content (AvgIpc) is 2.17. The second-order valence-electron chi connectivity index (χ2n) is 2.91. The molecule has 1 aromatic rings. The maximum atomic E-state index is 13.1. The summed E-state index contributed by atoms with van der Waals surface area (Å²) >= 11 is 1.15. The van der Waals surface area contributed by atoms with E-state index < -0.39 is 5.82 Å². The van der Waals surface area contributed by atoms with E-state index in [0.29, 0.717) is 11.3 Å². The third kappa shape index (κ3) is 4.16. The van der Waals surface area contributed by atoms with E-state index in [1.165, 1.54) is 25.1 Å². The first kappa shape index (κ1) is 11.8. The number of phenols is 1. The fourth-order valence-electron chi connectivity index (χ4n) is 0.999. The first-order chi connectivity index (χ1) is 7.09. The summed E-state index contributed by atoms with van der Waals surface area (Å²) in [5.41, 5.74) is 0.319. The van der Waals surface area contributed by atoms with Crippen molar-refractivity contribution in [1.82, 2.24) is 0 Å². The molecule has 0 unspecified atom stereocenters. The number of hydrogen-bond donors (Lipinski definition) is 1. The standard InChI is InChI=1S/C11H11FO2S/c1-8(13)15-6-2-3-9-7-10(14)4-5-11(9)12/h2-5,7,14H,6H2,1H3. The minimum absolute atomic E-state index is 0.0234. The van der Waals surface area contributed by atoms with Crippen molar-refractivity contribution in [3.63, 3.8) is 0 Å². The van der Waals surface area contributed by atoms with Crippen LogP contribution in [0.15, 0.2) is 24.3 Å². The molecule has 0 heterocycles. The van der Waals surface area contributed by atoms with Crippen LogP contribution >= 0.6 is 11.8 Å². The van der Waals surface area contributed by atoms with E-state index in [0.717, 1.165) is 11.8 Å². The summed E-state index contributed by atoms with van der Waals surface area (Å²) in [4.78, 5) is 10.6. The second kappa shape index (κ2) is 5.56. The lowest BCUT2D eigenvalue weighted by molar-refractivity contribution is -0.109. The molecule has 15 heavy (non-hydrogen) atoms. The molecule has 80 valence electrons. The Morgan fingerprint density at radius 3 is 3.00 bits per heavy atom. The minimum atomic E-state index is -0.392. The van der Waals surface area contributed by atoms with E-state index in [1.54, 1.807) is 12.2 Å². The van der Waals surface area contributed by atoms with Gasteiger partial charge in [0.2, 0.25) is 0 Å². The van der Waals surface area contributed by atoms with E-state index in [-0.39, 0.29) is 10.9 Å². The Morgan fingerprint density at radius 1 is 1.60 bits per heavy atom. The van der Waals surface area contributed by atoms with Gasteiger partial charge in [0.25, 0.3) is 0 Å². The van der Waals surface area contributed by atoms with Crippen molar-refractivity contribution in [1.29, 1.82) is 0 Å². The lowest BCUT2D eigenvalue weighted by Crippen LogP contribution is -1.83. The van der Waals surface area contributed by atoms with E-state index in [1.807, 2.05) is 0 Å². The molecule has 0 saturated heterocycles. The van der Waals surface area contributed by atoms with Crippen LogP contribution in [0.5, 0.6) is 5.75 Å². The van der Waals surface area contributed by atoms with Gasteiger partial charge in [-0.3, -0.25) is 4.79 Å². The van der Waals surface area contributed by atoms with Crippen LogP contribution in [0.4, 0.5) is 4.39 Å². The molecule has 0 aliphatic heterocycles. The first-order valence-electron chi connectivity index (χ1n) is 4.38. The fourth-order valence-corrected chi connectivity index (χ4v) is 1.43. The van der Waals surface area contributed by atoms with Crippen molar-refractivity contribution in [2.24, 2.45) is 0 Å². The number of aromatic hydroxyl groups is 1. The second-order valence-corrected chi connectivity index (χ2v) is 4.11. The highest BCUT2D eigenvalue weighted by Gasteiger charge is 1.99. The van der Waals surface area contributed by atoms with Crippen LogP contribution in [0.1, 0.15) is 12.5 Å². The zero-order valence-corrected chi connectivity index (χ0v) is 9.05. The number of carbonyl (C=O) groups excluding carboxylic acids is 1. The normalized spacial score (nSPS) is 10.8. The van der Waals surface area contributed by atoms with E-state index in [4.69, 9.17) is 5.11 Å². The Hall–Kier alpha value is -1.29. The van der Waals surface area contributed by atoms with Gasteiger partial charge in [-0.25, -0.2) is 4.39 Å². The molecule has 2 nitrogen and oxygen atoms in total. The van der Waals surface area contributed by atoms with Gasteiger partial charge in [0.15, 0.2) is 5.12 Å². The molecule has 0 radical (unpaired) electrons. The summed E-state index contributed by atoms with van der Waals surface area (Å²) in [5, 5.41) is 9.15. The summed E-state index contributed by atoms with van der Waals surface area (Å²) in [6.45, 7) is 1.48. The topological polar surface area (TPSA) is 37.3 Å². The van der Waals surface area contributed by atoms with Crippen molar-refractivity contribution in [2.75, 3.05) is 5.75 Å². The molecule has 4 heteroatoms. The van der Waals surface area contributed by atoms with Crippen LogP contribution < -0.4 is 0 Å². The number of halogens is 1. The quantitative estimate of drug-likeness (QED) is 0.861. The molecule has 0 aliphatic rings. The van der Waals surface area contributed by atoms with Crippen LogP contribution in [-0.2, 0) is 4.79 Å². The summed E-state index contributed by atoms with van der Waals surface area (Å²) in [6, 6.07) is 3.83. The monoisotopic (exact) mass is 226 g/mol. The fraction of sp³-hybridized carbons (Fsp3) is 0.182. The third-order valence-corrected chi connectivity index (χ3v) is 2.43. The zero-order valence-electron chi connectivity index (χ0n) is 8.24. The number of carbonyl (C=O) groups is 1. The highest BCUT2D eigenvalue weighted by molar-refractivity contribution is 8.13. The Morgan fingerprint density at radius 2 is 2.33 bits per heavy atom. The Labute approximate surface area is 91.8 Å². The summed E-state index contributed by atoms with van der Waals surface area (Å²) in [5.74, 6) is 0.136. The predicted molar refractivity (Wildman–Crippen MR) is 60.2 cm³/mol. The van der Waals surface area contributed by atoms with Gasteiger partial charge in [0.05, 0.1) is 0 Å². The van der Waals surface area contributed by atoms with Crippen molar-refractivity contribution >= 4 is 23.0 Å². The molecule has 0 aromatic heterocycles. The molecule has 0 aliphatic carbocycles. The van der Waals surface area contributed by atoms with Gasteiger partial charge in [0.1, 0.15) is 11.6 Å².